The lowest BCUT2D eigenvalue weighted by Gasteiger charge is -2.30. The second-order valence-corrected chi connectivity index (χ2v) is 9.29. The van der Waals surface area contributed by atoms with Crippen molar-refractivity contribution in [3.63, 3.8) is 0 Å². The van der Waals surface area contributed by atoms with Crippen molar-refractivity contribution < 1.29 is 9.59 Å². The Morgan fingerprint density at radius 2 is 1.81 bits per heavy atom. The van der Waals surface area contributed by atoms with Crippen LogP contribution >= 0.6 is 11.8 Å². The molecule has 1 aliphatic heterocycles. The van der Waals surface area contributed by atoms with Crippen molar-refractivity contribution in [3.05, 3.63) is 95.1 Å². The molecule has 4 rings (SSSR count). The molecule has 1 aliphatic rings. The van der Waals surface area contributed by atoms with Crippen molar-refractivity contribution in [1.29, 1.82) is 0 Å². The minimum atomic E-state index is -0.104. The third-order valence-electron chi connectivity index (χ3n) is 5.84. The molecule has 0 unspecified atom stereocenters. The fourth-order valence-electron chi connectivity index (χ4n) is 3.88. The number of amides is 2. The Morgan fingerprint density at radius 1 is 1.06 bits per heavy atom. The fourth-order valence-corrected chi connectivity index (χ4v) is 4.80. The van der Waals surface area contributed by atoms with Gasteiger partial charge in [-0.15, -0.1) is 11.8 Å². The van der Waals surface area contributed by atoms with Gasteiger partial charge >= 0.3 is 0 Å². The van der Waals surface area contributed by atoms with Gasteiger partial charge in [0.05, 0.1) is 18.0 Å². The van der Waals surface area contributed by atoms with E-state index in [4.69, 9.17) is 0 Å². The second kappa shape index (κ2) is 10.0. The first-order valence-electron chi connectivity index (χ1n) is 11.0. The van der Waals surface area contributed by atoms with Crippen molar-refractivity contribution in [3.8, 4) is 0 Å². The molecule has 0 saturated heterocycles. The van der Waals surface area contributed by atoms with E-state index < -0.39 is 0 Å². The molecular formula is C27H28N2O2S. The molecule has 1 heterocycles. The molecule has 1 atom stereocenters. The molecule has 0 spiro atoms. The molecule has 3 aromatic rings. The Labute approximate surface area is 194 Å². The van der Waals surface area contributed by atoms with Crippen molar-refractivity contribution in [2.45, 2.75) is 44.2 Å². The first-order valence-corrected chi connectivity index (χ1v) is 12.0. The van der Waals surface area contributed by atoms with Crippen molar-refractivity contribution in [2.75, 3.05) is 10.7 Å². The van der Waals surface area contributed by atoms with Crippen LogP contribution in [0.5, 0.6) is 0 Å². The van der Waals surface area contributed by atoms with Crippen LogP contribution in [0.2, 0.25) is 0 Å². The van der Waals surface area contributed by atoms with Gasteiger partial charge in [0.2, 0.25) is 5.91 Å². The minimum absolute atomic E-state index is 0.0535. The number of aryl methyl sites for hydroxylation is 2. The first kappa shape index (κ1) is 22.2. The number of nitrogens with zero attached hydrogens (tertiary/aromatic N) is 1. The normalized spacial score (nSPS) is 14.1. The SMILES string of the molecule is Cc1ccccc1CN1C(=O)CSc2ccc(C(=O)N[C@H](C)CCc3ccccc3)cc21. The molecule has 0 aliphatic carbocycles. The largest absolute Gasteiger partial charge is 0.350 e. The maximum atomic E-state index is 12.9. The van der Waals surface area contributed by atoms with Crippen LogP contribution in [0.25, 0.3) is 0 Å². The molecule has 2 amide bonds. The second-order valence-electron chi connectivity index (χ2n) is 8.28. The maximum absolute atomic E-state index is 12.9. The van der Waals surface area contributed by atoms with Crippen molar-refractivity contribution >= 4 is 29.3 Å². The lowest BCUT2D eigenvalue weighted by atomic mass is 10.1. The van der Waals surface area contributed by atoms with Crippen molar-refractivity contribution in [1.82, 2.24) is 5.32 Å². The lowest BCUT2D eigenvalue weighted by molar-refractivity contribution is -0.116. The van der Waals surface area contributed by atoms with Crippen LogP contribution in [0, 0.1) is 6.92 Å². The summed E-state index contributed by atoms with van der Waals surface area (Å²) < 4.78 is 0. The van der Waals surface area contributed by atoms with E-state index in [9.17, 15) is 9.59 Å². The number of anilines is 1. The zero-order valence-corrected chi connectivity index (χ0v) is 19.3. The maximum Gasteiger partial charge on any atom is 0.251 e. The van der Waals surface area contributed by atoms with Gasteiger partial charge in [-0.3, -0.25) is 9.59 Å². The summed E-state index contributed by atoms with van der Waals surface area (Å²) in [6, 6.07) is 24.1. The van der Waals surface area contributed by atoms with Crippen molar-refractivity contribution in [2.24, 2.45) is 0 Å². The number of thioether (sulfide) groups is 1. The predicted molar refractivity (Wildman–Crippen MR) is 131 cm³/mol. The van der Waals surface area contributed by atoms with Crippen LogP contribution in [0.1, 0.15) is 40.4 Å². The number of carbonyl (C=O) groups excluding carboxylic acids is 2. The Bertz CT molecular complexity index is 1110. The third kappa shape index (κ3) is 5.22. The van der Waals surface area contributed by atoms with Crippen LogP contribution in [-0.4, -0.2) is 23.6 Å². The summed E-state index contributed by atoms with van der Waals surface area (Å²) in [7, 11) is 0. The van der Waals surface area contributed by atoms with E-state index >= 15 is 0 Å². The van der Waals surface area contributed by atoms with E-state index in [0.29, 0.717) is 17.9 Å². The summed E-state index contributed by atoms with van der Waals surface area (Å²) in [4.78, 5) is 28.5. The predicted octanol–water partition coefficient (Wildman–Crippen LogP) is 5.39. The van der Waals surface area contributed by atoms with Gasteiger partial charge in [-0.05, 0) is 61.6 Å². The Kier molecular flexibility index (Phi) is 6.96. The molecule has 4 nitrogen and oxygen atoms in total. The molecule has 0 fully saturated rings. The van der Waals surface area contributed by atoms with Gasteiger partial charge in [-0.1, -0.05) is 54.6 Å². The van der Waals surface area contributed by atoms with E-state index in [-0.39, 0.29) is 17.9 Å². The molecule has 164 valence electrons. The molecular weight excluding hydrogens is 416 g/mol. The quantitative estimate of drug-likeness (QED) is 0.532. The summed E-state index contributed by atoms with van der Waals surface area (Å²) in [5, 5.41) is 3.11. The average Bonchev–Trinajstić information content (AvgIpc) is 2.81. The van der Waals surface area contributed by atoms with E-state index in [1.807, 2.05) is 60.4 Å². The number of carbonyl (C=O) groups is 2. The van der Waals surface area contributed by atoms with Gasteiger partial charge in [0.25, 0.3) is 5.91 Å². The highest BCUT2D eigenvalue weighted by atomic mass is 32.2. The van der Waals surface area contributed by atoms with E-state index in [0.717, 1.165) is 34.6 Å². The molecule has 0 bridgehead atoms. The number of benzene rings is 3. The van der Waals surface area contributed by atoms with E-state index in [1.165, 1.54) is 17.3 Å². The summed E-state index contributed by atoms with van der Waals surface area (Å²) in [6.07, 6.45) is 1.79. The van der Waals surface area contributed by atoms with Gasteiger partial charge in [0.15, 0.2) is 0 Å². The number of fused-ring (bicyclic) bond motifs is 1. The summed E-state index contributed by atoms with van der Waals surface area (Å²) in [5.74, 6) is 0.382. The van der Waals surface area contributed by atoms with Crippen LogP contribution in [0.15, 0.2) is 77.7 Å². The summed E-state index contributed by atoms with van der Waals surface area (Å²) >= 11 is 1.53. The topological polar surface area (TPSA) is 49.4 Å². The lowest BCUT2D eigenvalue weighted by Crippen LogP contribution is -2.36. The van der Waals surface area contributed by atoms with Crippen LogP contribution in [-0.2, 0) is 17.8 Å². The molecule has 0 radical (unpaired) electrons. The zero-order chi connectivity index (χ0) is 22.5. The molecule has 5 heteroatoms. The van der Waals surface area contributed by atoms with E-state index in [2.05, 4.69) is 36.5 Å². The highest BCUT2D eigenvalue weighted by Crippen LogP contribution is 2.37. The average molecular weight is 445 g/mol. The van der Waals surface area contributed by atoms with Gasteiger partial charge in [0.1, 0.15) is 0 Å². The van der Waals surface area contributed by atoms with Gasteiger partial charge in [-0.25, -0.2) is 0 Å². The summed E-state index contributed by atoms with van der Waals surface area (Å²) in [5.41, 5.74) is 4.94. The first-order chi connectivity index (χ1) is 15.5. The molecule has 1 N–H and O–H groups in total. The van der Waals surface area contributed by atoms with E-state index in [1.54, 1.807) is 0 Å². The molecule has 0 aromatic heterocycles. The fraction of sp³-hybridized carbons (Fsp3) is 0.259. The van der Waals surface area contributed by atoms with Crippen LogP contribution < -0.4 is 10.2 Å². The molecule has 32 heavy (non-hydrogen) atoms. The molecule has 3 aromatic carbocycles. The smallest absolute Gasteiger partial charge is 0.251 e. The summed E-state index contributed by atoms with van der Waals surface area (Å²) in [6.45, 7) is 4.60. The van der Waals surface area contributed by atoms with Gasteiger partial charge in [-0.2, -0.15) is 0 Å². The third-order valence-corrected chi connectivity index (χ3v) is 6.89. The van der Waals surface area contributed by atoms with Gasteiger partial charge in [0, 0.05) is 16.5 Å². The highest BCUT2D eigenvalue weighted by molar-refractivity contribution is 8.00. The number of nitrogens with one attached hydrogen (secondary N) is 1. The Hall–Kier alpha value is -3.05. The molecule has 0 saturated carbocycles. The van der Waals surface area contributed by atoms with Gasteiger partial charge < -0.3 is 10.2 Å². The Balaban J connectivity index is 1.47. The monoisotopic (exact) mass is 444 g/mol. The van der Waals surface area contributed by atoms with Crippen LogP contribution in [0.4, 0.5) is 5.69 Å². The number of hydrogen-bond acceptors (Lipinski definition) is 3. The number of hydrogen-bond donors (Lipinski definition) is 1. The minimum Gasteiger partial charge on any atom is -0.350 e. The van der Waals surface area contributed by atoms with Crippen LogP contribution in [0.3, 0.4) is 0 Å². The number of rotatable bonds is 7. The zero-order valence-electron chi connectivity index (χ0n) is 18.5. The Morgan fingerprint density at radius 3 is 2.59 bits per heavy atom. The standard InChI is InChI=1S/C27H28N2O2S/c1-19-8-6-7-11-23(19)17-29-24-16-22(14-15-25(24)32-18-26(29)30)27(31)28-20(2)12-13-21-9-4-3-5-10-21/h3-11,14-16,20H,12-13,17-18H2,1-2H3,(H,28,31)/t20-/m1/s1. The highest BCUT2D eigenvalue weighted by Gasteiger charge is 2.26.